The minimum absolute atomic E-state index is 0.112. The van der Waals surface area contributed by atoms with E-state index in [1.54, 1.807) is 12.1 Å². The largest absolute Gasteiger partial charge is 0.481 e. The summed E-state index contributed by atoms with van der Waals surface area (Å²) in [4.78, 5) is 28.3. The van der Waals surface area contributed by atoms with E-state index in [1.807, 2.05) is 0 Å². The highest BCUT2D eigenvalue weighted by atomic mass is 19.3. The first-order chi connectivity index (χ1) is 12.2. The van der Waals surface area contributed by atoms with Crippen molar-refractivity contribution in [2.45, 2.75) is 12.3 Å². The van der Waals surface area contributed by atoms with Crippen molar-refractivity contribution in [2.75, 3.05) is 13.1 Å². The molecule has 136 valence electrons. The van der Waals surface area contributed by atoms with Crippen LogP contribution in [0.4, 0.5) is 13.2 Å². The first kappa shape index (κ1) is 17.9. The number of carbonyl (C=O) groups excluding carboxylic acids is 1. The summed E-state index contributed by atoms with van der Waals surface area (Å²) in [5.41, 5.74) is 0.897. The molecule has 0 saturated carbocycles. The number of likely N-dealkylation sites (tertiary alicyclic amines) is 1. The standard InChI is InChI=1S/C18H15F3N2O3/c19-15-6-12(11-1-3-22-4-2-11)5-13(7-15)16(24)23-9-14(17(25)26)8-18(20,21)10-23/h1-7,14H,8-10H2,(H,25,26). The Kier molecular flexibility index (Phi) is 4.67. The van der Waals surface area contributed by atoms with E-state index in [-0.39, 0.29) is 12.1 Å². The molecule has 1 N–H and O–H groups in total. The highest BCUT2D eigenvalue weighted by Crippen LogP contribution is 2.32. The number of aliphatic carboxylic acids is 1. The zero-order valence-corrected chi connectivity index (χ0v) is 13.5. The van der Waals surface area contributed by atoms with Gasteiger partial charge in [0.1, 0.15) is 5.82 Å². The molecule has 3 rings (SSSR count). The van der Waals surface area contributed by atoms with Gasteiger partial charge in [0.2, 0.25) is 0 Å². The number of hydrogen-bond acceptors (Lipinski definition) is 3. The topological polar surface area (TPSA) is 70.5 Å². The van der Waals surface area contributed by atoms with Crippen LogP contribution < -0.4 is 0 Å². The number of rotatable bonds is 3. The van der Waals surface area contributed by atoms with Crippen LogP contribution in [-0.4, -0.2) is 45.9 Å². The lowest BCUT2D eigenvalue weighted by Crippen LogP contribution is -2.51. The predicted molar refractivity (Wildman–Crippen MR) is 86.2 cm³/mol. The maximum absolute atomic E-state index is 14.0. The molecule has 1 unspecified atom stereocenters. The lowest BCUT2D eigenvalue weighted by Gasteiger charge is -2.36. The first-order valence-corrected chi connectivity index (χ1v) is 7.86. The van der Waals surface area contributed by atoms with Gasteiger partial charge in [-0.1, -0.05) is 0 Å². The Labute approximate surface area is 147 Å². The molecule has 5 nitrogen and oxygen atoms in total. The van der Waals surface area contributed by atoms with Crippen LogP contribution in [0, 0.1) is 11.7 Å². The molecule has 0 bridgehead atoms. The summed E-state index contributed by atoms with van der Waals surface area (Å²) in [6, 6.07) is 6.81. The summed E-state index contributed by atoms with van der Waals surface area (Å²) >= 11 is 0. The summed E-state index contributed by atoms with van der Waals surface area (Å²) in [5, 5.41) is 9.04. The monoisotopic (exact) mass is 364 g/mol. The number of aromatic nitrogens is 1. The Morgan fingerprint density at radius 3 is 2.50 bits per heavy atom. The molecule has 26 heavy (non-hydrogen) atoms. The van der Waals surface area contributed by atoms with E-state index in [0.29, 0.717) is 11.1 Å². The molecule has 0 radical (unpaired) electrons. The number of amides is 1. The third-order valence-corrected chi connectivity index (χ3v) is 4.20. The first-order valence-electron chi connectivity index (χ1n) is 7.86. The Bertz CT molecular complexity index is 843. The van der Waals surface area contributed by atoms with Gasteiger partial charge in [0.05, 0.1) is 12.5 Å². The molecule has 1 aliphatic rings. The van der Waals surface area contributed by atoms with Crippen molar-refractivity contribution < 1.29 is 27.9 Å². The molecule has 2 aromatic rings. The van der Waals surface area contributed by atoms with E-state index in [9.17, 15) is 22.8 Å². The van der Waals surface area contributed by atoms with Crippen LogP contribution in [0.15, 0.2) is 42.7 Å². The van der Waals surface area contributed by atoms with Crippen LogP contribution in [0.3, 0.4) is 0 Å². The summed E-state index contributed by atoms with van der Waals surface area (Å²) in [6.45, 7) is -1.23. The van der Waals surface area contributed by atoms with Crippen LogP contribution in [-0.2, 0) is 4.79 Å². The molecule has 1 atom stereocenters. The van der Waals surface area contributed by atoms with Crippen LogP contribution >= 0.6 is 0 Å². The van der Waals surface area contributed by atoms with Gasteiger partial charge in [0, 0.05) is 30.9 Å². The second-order valence-corrected chi connectivity index (χ2v) is 6.25. The van der Waals surface area contributed by atoms with Gasteiger partial charge < -0.3 is 10.0 Å². The molecule has 1 aromatic carbocycles. The van der Waals surface area contributed by atoms with Crippen molar-refractivity contribution >= 4 is 11.9 Å². The van der Waals surface area contributed by atoms with Gasteiger partial charge in [-0.2, -0.15) is 0 Å². The van der Waals surface area contributed by atoms with Gasteiger partial charge >= 0.3 is 5.97 Å². The maximum Gasteiger partial charge on any atom is 0.308 e. The number of pyridine rings is 1. The molecule has 1 saturated heterocycles. The number of halogens is 3. The Morgan fingerprint density at radius 1 is 1.15 bits per heavy atom. The van der Waals surface area contributed by atoms with E-state index in [2.05, 4.69) is 4.98 Å². The van der Waals surface area contributed by atoms with Crippen LogP contribution in [0.25, 0.3) is 11.1 Å². The van der Waals surface area contributed by atoms with Crippen LogP contribution in [0.2, 0.25) is 0 Å². The Hall–Kier alpha value is -2.90. The third-order valence-electron chi connectivity index (χ3n) is 4.20. The third kappa shape index (κ3) is 3.84. The van der Waals surface area contributed by atoms with E-state index in [1.165, 1.54) is 24.5 Å². The van der Waals surface area contributed by atoms with Crippen molar-refractivity contribution in [3.8, 4) is 11.1 Å². The minimum Gasteiger partial charge on any atom is -0.481 e. The van der Waals surface area contributed by atoms with Crippen molar-refractivity contribution in [3.05, 3.63) is 54.1 Å². The molecule has 1 amide bonds. The molecule has 0 aliphatic carbocycles. The molecule has 0 spiro atoms. The normalized spacial score (nSPS) is 19.2. The molecule has 8 heteroatoms. The van der Waals surface area contributed by atoms with E-state index < -0.39 is 42.5 Å². The van der Waals surface area contributed by atoms with Gasteiger partial charge in [0.25, 0.3) is 11.8 Å². The fourth-order valence-corrected chi connectivity index (χ4v) is 3.03. The molecular formula is C18H15F3N2O3. The quantitative estimate of drug-likeness (QED) is 0.909. The van der Waals surface area contributed by atoms with E-state index >= 15 is 0 Å². The van der Waals surface area contributed by atoms with Gasteiger partial charge in [-0.15, -0.1) is 0 Å². The number of carboxylic acid groups (broad SMARTS) is 1. The van der Waals surface area contributed by atoms with E-state index in [4.69, 9.17) is 5.11 Å². The lowest BCUT2D eigenvalue weighted by molar-refractivity contribution is -0.151. The highest BCUT2D eigenvalue weighted by Gasteiger charge is 2.44. The molecule has 1 aliphatic heterocycles. The molecule has 1 aromatic heterocycles. The number of carboxylic acids is 1. The van der Waals surface area contributed by atoms with Crippen molar-refractivity contribution in [2.24, 2.45) is 5.92 Å². The number of alkyl halides is 2. The minimum atomic E-state index is -3.31. The number of nitrogens with zero attached hydrogens (tertiary/aromatic N) is 2. The van der Waals surface area contributed by atoms with Gasteiger partial charge in [0.15, 0.2) is 0 Å². The number of carbonyl (C=O) groups is 2. The molecule has 1 fully saturated rings. The van der Waals surface area contributed by atoms with Gasteiger partial charge in [-0.3, -0.25) is 14.6 Å². The van der Waals surface area contributed by atoms with E-state index in [0.717, 1.165) is 11.0 Å². The smallest absolute Gasteiger partial charge is 0.308 e. The van der Waals surface area contributed by atoms with Gasteiger partial charge in [-0.05, 0) is 41.5 Å². The average molecular weight is 364 g/mol. The van der Waals surface area contributed by atoms with Gasteiger partial charge in [-0.25, -0.2) is 13.2 Å². The summed E-state index contributed by atoms with van der Waals surface area (Å²) in [6.07, 6.45) is 2.19. The second-order valence-electron chi connectivity index (χ2n) is 6.25. The average Bonchev–Trinajstić information content (AvgIpc) is 2.60. The SMILES string of the molecule is O=C(O)C1CN(C(=O)c2cc(F)cc(-c3ccncc3)c2)CC(F)(F)C1. The lowest BCUT2D eigenvalue weighted by atomic mass is 9.94. The Balaban J connectivity index is 1.92. The number of benzene rings is 1. The molecule has 2 heterocycles. The fraction of sp³-hybridized carbons (Fsp3) is 0.278. The number of hydrogen-bond donors (Lipinski definition) is 1. The highest BCUT2D eigenvalue weighted by molar-refractivity contribution is 5.96. The predicted octanol–water partition coefficient (Wildman–Crippen LogP) is 3.07. The fourth-order valence-electron chi connectivity index (χ4n) is 3.03. The zero-order valence-electron chi connectivity index (χ0n) is 13.5. The van der Waals surface area contributed by atoms with Crippen LogP contribution in [0.5, 0.6) is 0 Å². The summed E-state index contributed by atoms with van der Waals surface area (Å²) < 4.78 is 41.6. The second kappa shape index (κ2) is 6.78. The number of piperidine rings is 1. The Morgan fingerprint density at radius 2 is 1.85 bits per heavy atom. The maximum atomic E-state index is 14.0. The summed E-state index contributed by atoms with van der Waals surface area (Å²) in [5.74, 6) is -7.58. The van der Waals surface area contributed by atoms with Crippen molar-refractivity contribution in [1.29, 1.82) is 0 Å². The zero-order chi connectivity index (χ0) is 18.9. The summed E-state index contributed by atoms with van der Waals surface area (Å²) in [7, 11) is 0. The van der Waals surface area contributed by atoms with Crippen molar-refractivity contribution in [1.82, 2.24) is 9.88 Å². The molecular weight excluding hydrogens is 349 g/mol. The van der Waals surface area contributed by atoms with Crippen molar-refractivity contribution in [3.63, 3.8) is 0 Å². The van der Waals surface area contributed by atoms with Crippen LogP contribution in [0.1, 0.15) is 16.8 Å².